The van der Waals surface area contributed by atoms with Gasteiger partial charge in [-0.25, -0.2) is 0 Å². The van der Waals surface area contributed by atoms with Crippen LogP contribution in [0.1, 0.15) is 32.1 Å². The van der Waals surface area contributed by atoms with E-state index in [-0.39, 0.29) is 5.25 Å². The zero-order valence-electron chi connectivity index (χ0n) is 9.12. The average Bonchev–Trinajstić information content (AvgIpc) is 2.32. The molecule has 88 valence electrons. The van der Waals surface area contributed by atoms with Gasteiger partial charge in [-0.15, -0.1) is 0 Å². The van der Waals surface area contributed by atoms with E-state index in [0.717, 1.165) is 12.8 Å². The Morgan fingerprint density at radius 2 is 1.94 bits per heavy atom. The van der Waals surface area contributed by atoms with Gasteiger partial charge in [-0.1, -0.05) is 30.9 Å². The van der Waals surface area contributed by atoms with Crippen LogP contribution in [0.2, 0.25) is 5.02 Å². The van der Waals surface area contributed by atoms with Crippen molar-refractivity contribution in [2.24, 2.45) is 0 Å². The van der Waals surface area contributed by atoms with E-state index < -0.39 is 10.8 Å². The number of benzene rings is 1. The fraction of sp³-hybridized carbons (Fsp3) is 0.500. The number of anilines is 1. The molecule has 0 bridgehead atoms. The summed E-state index contributed by atoms with van der Waals surface area (Å²) in [6.45, 7) is 0. The minimum Gasteiger partial charge on any atom is -0.399 e. The SMILES string of the molecule is Nc1ccc(Cl)c(S(=O)C2CCCCC2)c1. The number of hydrogen-bond donors (Lipinski definition) is 1. The molecule has 1 aromatic carbocycles. The Morgan fingerprint density at radius 1 is 1.25 bits per heavy atom. The Bertz CT molecular complexity index is 402. The molecule has 0 radical (unpaired) electrons. The largest absolute Gasteiger partial charge is 0.399 e. The maximum absolute atomic E-state index is 12.3. The topological polar surface area (TPSA) is 43.1 Å². The van der Waals surface area contributed by atoms with Gasteiger partial charge in [0.2, 0.25) is 0 Å². The third-order valence-corrected chi connectivity index (χ3v) is 5.32. The molecular formula is C12H16ClNOS. The summed E-state index contributed by atoms with van der Waals surface area (Å²) in [4.78, 5) is 0.702. The van der Waals surface area contributed by atoms with Crippen molar-refractivity contribution >= 4 is 28.1 Å². The van der Waals surface area contributed by atoms with Gasteiger partial charge in [0.15, 0.2) is 0 Å². The summed E-state index contributed by atoms with van der Waals surface area (Å²) >= 11 is 6.06. The Balaban J connectivity index is 2.22. The molecule has 4 heteroatoms. The molecule has 0 spiro atoms. The van der Waals surface area contributed by atoms with Crippen LogP contribution in [0.3, 0.4) is 0 Å². The summed E-state index contributed by atoms with van der Waals surface area (Å²) in [6, 6.07) is 5.21. The standard InChI is InChI=1S/C12H16ClNOS/c13-11-7-6-9(14)8-12(11)16(15)10-4-2-1-3-5-10/h6-8,10H,1-5,14H2. The van der Waals surface area contributed by atoms with Crippen molar-refractivity contribution in [1.82, 2.24) is 0 Å². The van der Waals surface area contributed by atoms with E-state index >= 15 is 0 Å². The zero-order valence-corrected chi connectivity index (χ0v) is 10.7. The van der Waals surface area contributed by atoms with Crippen LogP contribution in [0.15, 0.2) is 23.1 Å². The average molecular weight is 258 g/mol. The van der Waals surface area contributed by atoms with Gasteiger partial charge in [0, 0.05) is 10.9 Å². The predicted molar refractivity (Wildman–Crippen MR) is 69.1 cm³/mol. The lowest BCUT2D eigenvalue weighted by molar-refractivity contribution is 0.504. The Hall–Kier alpha value is -0.540. The van der Waals surface area contributed by atoms with Crippen molar-refractivity contribution in [1.29, 1.82) is 0 Å². The molecule has 1 aromatic rings. The van der Waals surface area contributed by atoms with Gasteiger partial charge in [-0.2, -0.15) is 0 Å². The summed E-state index contributed by atoms with van der Waals surface area (Å²) in [5.41, 5.74) is 6.33. The maximum atomic E-state index is 12.3. The molecule has 0 aromatic heterocycles. The van der Waals surface area contributed by atoms with E-state index in [9.17, 15) is 4.21 Å². The minimum absolute atomic E-state index is 0.257. The van der Waals surface area contributed by atoms with Crippen molar-refractivity contribution in [3.05, 3.63) is 23.2 Å². The third kappa shape index (κ3) is 2.58. The van der Waals surface area contributed by atoms with Gasteiger partial charge in [0.05, 0.1) is 20.7 Å². The lowest BCUT2D eigenvalue weighted by Crippen LogP contribution is -2.19. The van der Waals surface area contributed by atoms with Crippen molar-refractivity contribution in [3.8, 4) is 0 Å². The maximum Gasteiger partial charge on any atom is 0.0597 e. The summed E-state index contributed by atoms with van der Waals surface area (Å²) in [7, 11) is -1.00. The van der Waals surface area contributed by atoms with Crippen molar-refractivity contribution in [2.45, 2.75) is 42.2 Å². The third-order valence-electron chi connectivity index (χ3n) is 3.03. The van der Waals surface area contributed by atoms with Crippen LogP contribution in [-0.4, -0.2) is 9.46 Å². The van der Waals surface area contributed by atoms with Crippen LogP contribution in [0.4, 0.5) is 5.69 Å². The van der Waals surface area contributed by atoms with Crippen LogP contribution in [0.5, 0.6) is 0 Å². The van der Waals surface area contributed by atoms with E-state index in [1.807, 2.05) is 0 Å². The fourth-order valence-corrected chi connectivity index (χ4v) is 4.11. The van der Waals surface area contributed by atoms with E-state index in [1.165, 1.54) is 19.3 Å². The lowest BCUT2D eigenvalue weighted by atomic mass is 10.0. The number of nitrogens with two attached hydrogens (primary N) is 1. The van der Waals surface area contributed by atoms with Crippen molar-refractivity contribution < 1.29 is 4.21 Å². The molecule has 1 aliphatic carbocycles. The Kier molecular flexibility index (Phi) is 3.87. The predicted octanol–water partition coefficient (Wildman–Crippen LogP) is 3.36. The molecule has 1 unspecified atom stereocenters. The highest BCUT2D eigenvalue weighted by atomic mass is 35.5. The van der Waals surface area contributed by atoms with E-state index in [1.54, 1.807) is 18.2 Å². The second-order valence-corrected chi connectivity index (χ2v) is 6.36. The van der Waals surface area contributed by atoms with E-state index in [4.69, 9.17) is 17.3 Å². The molecule has 1 atom stereocenters. The summed E-state index contributed by atoms with van der Waals surface area (Å²) in [6.07, 6.45) is 5.69. The summed E-state index contributed by atoms with van der Waals surface area (Å²) in [5.74, 6) is 0. The van der Waals surface area contributed by atoms with Crippen LogP contribution < -0.4 is 5.73 Å². The second kappa shape index (κ2) is 5.19. The lowest BCUT2D eigenvalue weighted by Gasteiger charge is -2.21. The molecule has 1 saturated carbocycles. The molecular weight excluding hydrogens is 242 g/mol. The Labute approximate surface area is 104 Å². The van der Waals surface area contributed by atoms with Crippen molar-refractivity contribution in [3.63, 3.8) is 0 Å². The van der Waals surface area contributed by atoms with Gasteiger partial charge in [0.25, 0.3) is 0 Å². The molecule has 16 heavy (non-hydrogen) atoms. The molecule has 0 aliphatic heterocycles. The molecule has 1 fully saturated rings. The minimum atomic E-state index is -1.00. The van der Waals surface area contributed by atoms with Gasteiger partial charge in [-0.05, 0) is 31.0 Å². The highest BCUT2D eigenvalue weighted by molar-refractivity contribution is 7.85. The smallest absolute Gasteiger partial charge is 0.0597 e. The summed E-state index contributed by atoms with van der Waals surface area (Å²) in [5, 5.41) is 0.825. The quantitative estimate of drug-likeness (QED) is 0.826. The molecule has 2 nitrogen and oxygen atoms in total. The molecule has 0 amide bonds. The number of hydrogen-bond acceptors (Lipinski definition) is 2. The first kappa shape index (κ1) is 11.9. The van der Waals surface area contributed by atoms with E-state index in [0.29, 0.717) is 15.6 Å². The van der Waals surface area contributed by atoms with Crippen LogP contribution in [-0.2, 0) is 10.8 Å². The molecule has 2 rings (SSSR count). The number of rotatable bonds is 2. The first-order chi connectivity index (χ1) is 7.68. The van der Waals surface area contributed by atoms with Crippen LogP contribution >= 0.6 is 11.6 Å². The van der Waals surface area contributed by atoms with Gasteiger partial charge >= 0.3 is 0 Å². The van der Waals surface area contributed by atoms with Crippen molar-refractivity contribution in [2.75, 3.05) is 5.73 Å². The molecule has 1 aliphatic rings. The van der Waals surface area contributed by atoms with Gasteiger partial charge < -0.3 is 5.73 Å². The Morgan fingerprint density at radius 3 is 2.62 bits per heavy atom. The monoisotopic (exact) mass is 257 g/mol. The van der Waals surface area contributed by atoms with Gasteiger partial charge in [-0.3, -0.25) is 4.21 Å². The molecule has 0 heterocycles. The zero-order chi connectivity index (χ0) is 11.5. The second-order valence-electron chi connectivity index (χ2n) is 4.25. The fourth-order valence-electron chi connectivity index (χ4n) is 2.13. The normalized spacial score (nSPS) is 19.6. The van der Waals surface area contributed by atoms with Gasteiger partial charge in [0.1, 0.15) is 0 Å². The summed E-state index contributed by atoms with van der Waals surface area (Å²) < 4.78 is 12.3. The first-order valence-electron chi connectivity index (χ1n) is 5.64. The highest BCUT2D eigenvalue weighted by Gasteiger charge is 2.22. The van der Waals surface area contributed by atoms with E-state index in [2.05, 4.69) is 0 Å². The van der Waals surface area contributed by atoms with Crippen LogP contribution in [0.25, 0.3) is 0 Å². The highest BCUT2D eigenvalue weighted by Crippen LogP contribution is 2.30. The first-order valence-corrected chi connectivity index (χ1v) is 7.23. The molecule has 2 N–H and O–H groups in total. The number of nitrogen functional groups attached to an aromatic ring is 1. The molecule has 0 saturated heterocycles. The van der Waals surface area contributed by atoms with Crippen LogP contribution in [0, 0.1) is 0 Å². The number of halogens is 1.